The predicted octanol–water partition coefficient (Wildman–Crippen LogP) is 5.91. The SMILES string of the molecule is Cc1nnc(COC(=O)c2cc(-c3ccc(Cl)c(Cl)c3Cl)nc3ccccc23)o1. The number of hydrogen-bond acceptors (Lipinski definition) is 6. The van der Waals surface area contributed by atoms with Gasteiger partial charge in [-0.15, -0.1) is 10.2 Å². The zero-order valence-electron chi connectivity index (χ0n) is 14.9. The third kappa shape index (κ3) is 3.92. The molecule has 0 bridgehead atoms. The van der Waals surface area contributed by atoms with E-state index in [-0.39, 0.29) is 22.5 Å². The van der Waals surface area contributed by atoms with Crippen LogP contribution in [0.25, 0.3) is 22.2 Å². The van der Waals surface area contributed by atoms with Crippen LogP contribution in [0.3, 0.4) is 0 Å². The van der Waals surface area contributed by atoms with Crippen molar-refractivity contribution in [1.29, 1.82) is 0 Å². The van der Waals surface area contributed by atoms with Crippen LogP contribution in [0.4, 0.5) is 0 Å². The minimum absolute atomic E-state index is 0.140. The molecule has 4 aromatic rings. The van der Waals surface area contributed by atoms with Crippen LogP contribution in [0.1, 0.15) is 22.1 Å². The minimum Gasteiger partial charge on any atom is -0.452 e. The van der Waals surface area contributed by atoms with E-state index in [1.165, 1.54) is 0 Å². The molecule has 0 aliphatic carbocycles. The lowest BCUT2D eigenvalue weighted by Gasteiger charge is -2.11. The van der Waals surface area contributed by atoms with Gasteiger partial charge in [-0.2, -0.15) is 0 Å². The van der Waals surface area contributed by atoms with E-state index in [4.69, 9.17) is 44.0 Å². The van der Waals surface area contributed by atoms with Crippen LogP contribution < -0.4 is 0 Å². The quantitative estimate of drug-likeness (QED) is 0.285. The number of halogens is 3. The molecule has 0 radical (unpaired) electrons. The van der Waals surface area contributed by atoms with Crippen molar-refractivity contribution in [2.24, 2.45) is 0 Å². The number of rotatable bonds is 4. The number of nitrogens with zero attached hydrogens (tertiary/aromatic N) is 3. The molecule has 2 aromatic carbocycles. The fourth-order valence-electron chi connectivity index (χ4n) is 2.81. The fraction of sp³-hybridized carbons (Fsp3) is 0.100. The summed E-state index contributed by atoms with van der Waals surface area (Å²) in [6, 6.07) is 12.1. The van der Waals surface area contributed by atoms with Gasteiger partial charge in [0.25, 0.3) is 5.89 Å². The fourth-order valence-corrected chi connectivity index (χ4v) is 3.44. The number of carbonyl (C=O) groups is 1. The van der Waals surface area contributed by atoms with Crippen molar-refractivity contribution >= 4 is 51.7 Å². The molecule has 0 saturated carbocycles. The highest BCUT2D eigenvalue weighted by molar-refractivity contribution is 6.49. The van der Waals surface area contributed by atoms with E-state index in [0.29, 0.717) is 38.6 Å². The van der Waals surface area contributed by atoms with Gasteiger partial charge >= 0.3 is 5.97 Å². The van der Waals surface area contributed by atoms with E-state index in [9.17, 15) is 4.79 Å². The predicted molar refractivity (Wildman–Crippen MR) is 110 cm³/mol. The number of ether oxygens (including phenoxy) is 1. The molecule has 0 unspecified atom stereocenters. The Balaban J connectivity index is 1.77. The smallest absolute Gasteiger partial charge is 0.339 e. The summed E-state index contributed by atoms with van der Waals surface area (Å²) in [7, 11) is 0. The molecule has 0 aliphatic heterocycles. The van der Waals surface area contributed by atoms with E-state index >= 15 is 0 Å². The largest absolute Gasteiger partial charge is 0.452 e. The molecular weight excluding hydrogens is 437 g/mol. The Morgan fingerprint density at radius 3 is 2.62 bits per heavy atom. The Bertz CT molecular complexity index is 1240. The lowest BCUT2D eigenvalue weighted by atomic mass is 10.0. The van der Waals surface area contributed by atoms with Gasteiger partial charge in [0.1, 0.15) is 0 Å². The zero-order chi connectivity index (χ0) is 20.5. The second-order valence-corrected chi connectivity index (χ2v) is 7.25. The molecule has 0 fully saturated rings. The van der Waals surface area contributed by atoms with Crippen molar-refractivity contribution in [3.8, 4) is 11.3 Å². The zero-order valence-corrected chi connectivity index (χ0v) is 17.2. The molecule has 29 heavy (non-hydrogen) atoms. The molecule has 0 saturated heterocycles. The first kappa shape index (κ1) is 19.6. The number of aryl methyl sites for hydroxylation is 1. The summed E-state index contributed by atoms with van der Waals surface area (Å²) >= 11 is 18.5. The van der Waals surface area contributed by atoms with Gasteiger partial charge in [0.15, 0.2) is 6.61 Å². The van der Waals surface area contributed by atoms with Gasteiger partial charge in [-0.05, 0) is 24.3 Å². The van der Waals surface area contributed by atoms with E-state index in [2.05, 4.69) is 15.2 Å². The maximum Gasteiger partial charge on any atom is 0.339 e. The van der Waals surface area contributed by atoms with Gasteiger partial charge in [-0.3, -0.25) is 0 Å². The summed E-state index contributed by atoms with van der Waals surface area (Å²) in [5.41, 5.74) is 1.94. The van der Waals surface area contributed by atoms with Crippen LogP contribution in [0.2, 0.25) is 15.1 Å². The molecule has 0 aliphatic rings. The van der Waals surface area contributed by atoms with Gasteiger partial charge in [-0.1, -0.05) is 53.0 Å². The number of pyridine rings is 1. The van der Waals surface area contributed by atoms with Crippen LogP contribution in [-0.2, 0) is 11.3 Å². The summed E-state index contributed by atoms with van der Waals surface area (Å²) < 4.78 is 10.6. The molecule has 2 aromatic heterocycles. The third-order valence-electron chi connectivity index (χ3n) is 4.14. The molecule has 146 valence electrons. The highest BCUT2D eigenvalue weighted by Gasteiger charge is 2.19. The van der Waals surface area contributed by atoms with Gasteiger partial charge in [0.2, 0.25) is 5.89 Å². The second-order valence-electron chi connectivity index (χ2n) is 6.09. The molecule has 0 amide bonds. The van der Waals surface area contributed by atoms with Crippen molar-refractivity contribution in [3.63, 3.8) is 0 Å². The first-order valence-electron chi connectivity index (χ1n) is 8.44. The summed E-state index contributed by atoms with van der Waals surface area (Å²) in [6.07, 6.45) is 0. The number of carbonyl (C=O) groups excluding carboxylic acids is 1. The molecule has 6 nitrogen and oxygen atoms in total. The first-order chi connectivity index (χ1) is 13.9. The van der Waals surface area contributed by atoms with Gasteiger partial charge in [0.05, 0.1) is 31.8 Å². The van der Waals surface area contributed by atoms with Crippen LogP contribution in [0.5, 0.6) is 0 Å². The minimum atomic E-state index is -0.558. The lowest BCUT2D eigenvalue weighted by molar-refractivity contribution is 0.0439. The van der Waals surface area contributed by atoms with Crippen LogP contribution in [0, 0.1) is 6.92 Å². The van der Waals surface area contributed by atoms with Gasteiger partial charge in [-0.25, -0.2) is 9.78 Å². The number of hydrogen-bond donors (Lipinski definition) is 0. The van der Waals surface area contributed by atoms with Crippen LogP contribution >= 0.6 is 34.8 Å². The van der Waals surface area contributed by atoms with Crippen molar-refractivity contribution < 1.29 is 13.9 Å². The highest BCUT2D eigenvalue weighted by Crippen LogP contribution is 2.38. The van der Waals surface area contributed by atoms with E-state index in [0.717, 1.165) is 0 Å². The first-order valence-corrected chi connectivity index (χ1v) is 9.57. The summed E-state index contributed by atoms with van der Waals surface area (Å²) in [5.74, 6) is 0.0424. The standard InChI is InChI=1S/C20H12Cl3N3O3/c1-10-25-26-17(29-10)9-28-20(27)13-8-16(24-15-5-3-2-4-11(13)15)12-6-7-14(21)19(23)18(12)22/h2-8H,9H2,1H3. The summed E-state index contributed by atoms with van der Waals surface area (Å²) in [6.45, 7) is 1.52. The average molecular weight is 449 g/mol. The van der Waals surface area contributed by atoms with E-state index in [1.807, 2.05) is 12.1 Å². The Morgan fingerprint density at radius 1 is 1.07 bits per heavy atom. The van der Waals surface area contributed by atoms with Crippen LogP contribution in [-0.4, -0.2) is 21.2 Å². The molecule has 9 heteroatoms. The number of aromatic nitrogens is 3. The molecule has 2 heterocycles. The van der Waals surface area contributed by atoms with Gasteiger partial charge < -0.3 is 9.15 Å². The van der Waals surface area contributed by atoms with Crippen molar-refractivity contribution in [3.05, 3.63) is 74.9 Å². The topological polar surface area (TPSA) is 78.1 Å². The summed E-state index contributed by atoms with van der Waals surface area (Å²) in [4.78, 5) is 17.4. The third-order valence-corrected chi connectivity index (χ3v) is 5.44. The Labute approximate surface area is 180 Å². The molecule has 0 atom stereocenters. The maximum atomic E-state index is 12.8. The monoisotopic (exact) mass is 447 g/mol. The van der Waals surface area contributed by atoms with Crippen molar-refractivity contribution in [1.82, 2.24) is 15.2 Å². The number of benzene rings is 2. The van der Waals surface area contributed by atoms with E-state index in [1.54, 1.807) is 37.3 Å². The maximum absolute atomic E-state index is 12.8. The Kier molecular flexibility index (Phi) is 5.41. The number of fused-ring (bicyclic) bond motifs is 1. The molecule has 4 rings (SSSR count). The van der Waals surface area contributed by atoms with Crippen molar-refractivity contribution in [2.45, 2.75) is 13.5 Å². The van der Waals surface area contributed by atoms with Gasteiger partial charge in [0, 0.05) is 17.9 Å². The second kappa shape index (κ2) is 7.99. The Hall–Kier alpha value is -2.67. The average Bonchev–Trinajstić information content (AvgIpc) is 3.14. The normalized spacial score (nSPS) is 11.0. The number of esters is 1. The Morgan fingerprint density at radius 2 is 1.86 bits per heavy atom. The number of para-hydroxylation sites is 1. The molecule has 0 N–H and O–H groups in total. The van der Waals surface area contributed by atoms with E-state index < -0.39 is 5.97 Å². The lowest BCUT2D eigenvalue weighted by Crippen LogP contribution is -2.07. The van der Waals surface area contributed by atoms with Crippen LogP contribution in [0.15, 0.2) is 46.9 Å². The van der Waals surface area contributed by atoms with Crippen molar-refractivity contribution in [2.75, 3.05) is 0 Å². The summed E-state index contributed by atoms with van der Waals surface area (Å²) in [5, 5.41) is 8.97. The highest BCUT2D eigenvalue weighted by atomic mass is 35.5. The molecule has 0 spiro atoms. The molecular formula is C20H12Cl3N3O3.